The van der Waals surface area contributed by atoms with Crippen molar-refractivity contribution in [3.05, 3.63) is 30.0 Å². The van der Waals surface area contributed by atoms with Gasteiger partial charge in [0.1, 0.15) is 5.60 Å². The first-order chi connectivity index (χ1) is 12.3. The van der Waals surface area contributed by atoms with Crippen LogP contribution in [-0.2, 0) is 9.47 Å². The Kier molecular flexibility index (Phi) is 4.89. The predicted octanol–water partition coefficient (Wildman–Crippen LogP) is 3.39. The van der Waals surface area contributed by atoms with Crippen LogP contribution in [0.15, 0.2) is 24.4 Å². The average molecular weight is 359 g/mol. The SMILES string of the molecule is COC(=O)c1ccc2cn(C3CCN(C(=O)OC(C)(C)C)CC3)nc2c1. The van der Waals surface area contributed by atoms with Crippen molar-refractivity contribution in [3.8, 4) is 0 Å². The highest BCUT2D eigenvalue weighted by Gasteiger charge is 2.28. The zero-order valence-electron chi connectivity index (χ0n) is 15.7. The Morgan fingerprint density at radius 3 is 2.50 bits per heavy atom. The number of esters is 1. The van der Waals surface area contributed by atoms with Gasteiger partial charge < -0.3 is 14.4 Å². The van der Waals surface area contributed by atoms with E-state index in [1.165, 1.54) is 7.11 Å². The number of carbonyl (C=O) groups is 2. The van der Waals surface area contributed by atoms with E-state index in [2.05, 4.69) is 5.10 Å². The number of fused-ring (bicyclic) bond motifs is 1. The molecule has 0 saturated carbocycles. The van der Waals surface area contributed by atoms with Gasteiger partial charge >= 0.3 is 12.1 Å². The molecule has 0 aliphatic carbocycles. The number of ether oxygens (including phenoxy) is 2. The summed E-state index contributed by atoms with van der Waals surface area (Å²) in [4.78, 5) is 25.6. The Morgan fingerprint density at radius 1 is 1.19 bits per heavy atom. The molecule has 1 aromatic carbocycles. The van der Waals surface area contributed by atoms with Crippen LogP contribution in [0, 0.1) is 0 Å². The zero-order valence-corrected chi connectivity index (χ0v) is 15.7. The maximum Gasteiger partial charge on any atom is 0.410 e. The number of likely N-dealkylation sites (tertiary alicyclic amines) is 1. The molecule has 0 unspecified atom stereocenters. The molecule has 3 rings (SSSR count). The van der Waals surface area contributed by atoms with Gasteiger partial charge in [-0.15, -0.1) is 0 Å². The van der Waals surface area contributed by atoms with Gasteiger partial charge in [-0.3, -0.25) is 4.68 Å². The summed E-state index contributed by atoms with van der Waals surface area (Å²) in [6.45, 7) is 6.90. The summed E-state index contributed by atoms with van der Waals surface area (Å²) >= 11 is 0. The molecule has 2 heterocycles. The number of amides is 1. The van der Waals surface area contributed by atoms with Gasteiger partial charge in [0.2, 0.25) is 0 Å². The highest BCUT2D eigenvalue weighted by atomic mass is 16.6. The molecule has 1 saturated heterocycles. The number of hydrogen-bond acceptors (Lipinski definition) is 5. The number of nitrogens with zero attached hydrogens (tertiary/aromatic N) is 3. The molecule has 1 aromatic heterocycles. The van der Waals surface area contributed by atoms with Crippen molar-refractivity contribution >= 4 is 23.0 Å². The van der Waals surface area contributed by atoms with E-state index < -0.39 is 5.60 Å². The van der Waals surface area contributed by atoms with E-state index in [9.17, 15) is 9.59 Å². The van der Waals surface area contributed by atoms with Crippen molar-refractivity contribution in [2.24, 2.45) is 0 Å². The second kappa shape index (κ2) is 6.97. The molecule has 1 aliphatic rings. The summed E-state index contributed by atoms with van der Waals surface area (Å²) in [5.41, 5.74) is 0.776. The molecule has 140 valence electrons. The zero-order chi connectivity index (χ0) is 18.9. The van der Waals surface area contributed by atoms with Gasteiger partial charge in [0, 0.05) is 24.7 Å². The molecular weight excluding hydrogens is 334 g/mol. The lowest BCUT2D eigenvalue weighted by Crippen LogP contribution is -2.42. The largest absolute Gasteiger partial charge is 0.465 e. The summed E-state index contributed by atoms with van der Waals surface area (Å²) in [7, 11) is 1.36. The minimum absolute atomic E-state index is 0.225. The maximum absolute atomic E-state index is 12.2. The third kappa shape index (κ3) is 3.98. The van der Waals surface area contributed by atoms with Crippen molar-refractivity contribution in [2.75, 3.05) is 20.2 Å². The summed E-state index contributed by atoms with van der Waals surface area (Å²) in [5, 5.41) is 5.60. The monoisotopic (exact) mass is 359 g/mol. The standard InChI is InChI=1S/C19H25N3O4/c1-19(2,3)26-18(24)21-9-7-15(8-10-21)22-12-14-6-5-13(17(23)25-4)11-16(14)20-22/h5-6,11-12,15H,7-10H2,1-4H3. The third-order valence-corrected chi connectivity index (χ3v) is 4.44. The van der Waals surface area contributed by atoms with Gasteiger partial charge in [0.25, 0.3) is 0 Å². The molecule has 0 atom stereocenters. The molecule has 1 fully saturated rings. The summed E-state index contributed by atoms with van der Waals surface area (Å²) in [5.74, 6) is -0.368. The first-order valence-electron chi connectivity index (χ1n) is 8.82. The predicted molar refractivity (Wildman–Crippen MR) is 97.2 cm³/mol. The topological polar surface area (TPSA) is 73.7 Å². The number of rotatable bonds is 2. The summed E-state index contributed by atoms with van der Waals surface area (Å²) < 4.78 is 12.1. The molecule has 7 heteroatoms. The fourth-order valence-corrected chi connectivity index (χ4v) is 3.11. The molecule has 0 N–H and O–H groups in total. The van der Waals surface area contributed by atoms with Gasteiger partial charge in [0.15, 0.2) is 0 Å². The minimum atomic E-state index is -0.481. The smallest absolute Gasteiger partial charge is 0.410 e. The second-order valence-electron chi connectivity index (χ2n) is 7.57. The molecule has 1 amide bonds. The molecule has 0 radical (unpaired) electrons. The highest BCUT2D eigenvalue weighted by Crippen LogP contribution is 2.26. The van der Waals surface area contributed by atoms with Crippen LogP contribution in [0.1, 0.15) is 50.0 Å². The van der Waals surface area contributed by atoms with E-state index in [0.717, 1.165) is 23.7 Å². The van der Waals surface area contributed by atoms with Crippen LogP contribution in [0.3, 0.4) is 0 Å². The fraction of sp³-hybridized carbons (Fsp3) is 0.526. The van der Waals surface area contributed by atoms with Crippen LogP contribution < -0.4 is 0 Å². The van der Waals surface area contributed by atoms with Crippen LogP contribution in [-0.4, -0.2) is 52.5 Å². The molecule has 1 aliphatic heterocycles. The summed E-state index contributed by atoms with van der Waals surface area (Å²) in [6.07, 6.45) is 3.36. The van der Waals surface area contributed by atoms with Gasteiger partial charge in [-0.2, -0.15) is 5.10 Å². The highest BCUT2D eigenvalue weighted by molar-refractivity contribution is 5.94. The Bertz CT molecular complexity index is 814. The fourth-order valence-electron chi connectivity index (χ4n) is 3.11. The van der Waals surface area contributed by atoms with E-state index in [-0.39, 0.29) is 18.1 Å². The van der Waals surface area contributed by atoms with Gasteiger partial charge in [-0.1, -0.05) is 6.07 Å². The lowest BCUT2D eigenvalue weighted by Gasteiger charge is -2.33. The lowest BCUT2D eigenvalue weighted by atomic mass is 10.1. The average Bonchev–Trinajstić information content (AvgIpc) is 3.02. The van der Waals surface area contributed by atoms with Crippen LogP contribution in [0.25, 0.3) is 10.9 Å². The number of carbonyl (C=O) groups excluding carboxylic acids is 2. The van der Waals surface area contributed by atoms with E-state index in [4.69, 9.17) is 9.47 Å². The van der Waals surface area contributed by atoms with Crippen LogP contribution >= 0.6 is 0 Å². The van der Waals surface area contributed by atoms with E-state index in [1.807, 2.05) is 37.7 Å². The van der Waals surface area contributed by atoms with E-state index in [1.54, 1.807) is 17.0 Å². The first kappa shape index (κ1) is 18.2. The normalized spacial score (nSPS) is 15.9. The summed E-state index contributed by atoms with van der Waals surface area (Å²) in [6, 6.07) is 5.59. The Balaban J connectivity index is 1.67. The maximum atomic E-state index is 12.2. The van der Waals surface area contributed by atoms with E-state index in [0.29, 0.717) is 18.7 Å². The molecule has 0 spiro atoms. The number of benzene rings is 1. The lowest BCUT2D eigenvalue weighted by molar-refractivity contribution is 0.0185. The van der Waals surface area contributed by atoms with Gasteiger partial charge in [-0.05, 0) is 45.7 Å². The van der Waals surface area contributed by atoms with Crippen LogP contribution in [0.4, 0.5) is 4.79 Å². The number of piperidine rings is 1. The third-order valence-electron chi connectivity index (χ3n) is 4.44. The molecule has 7 nitrogen and oxygen atoms in total. The van der Waals surface area contributed by atoms with Crippen molar-refractivity contribution in [2.45, 2.75) is 45.3 Å². The van der Waals surface area contributed by atoms with Crippen molar-refractivity contribution < 1.29 is 19.1 Å². The minimum Gasteiger partial charge on any atom is -0.465 e. The second-order valence-corrected chi connectivity index (χ2v) is 7.57. The molecule has 2 aromatic rings. The van der Waals surface area contributed by atoms with Crippen LogP contribution in [0.5, 0.6) is 0 Å². The molecule has 0 bridgehead atoms. The quantitative estimate of drug-likeness (QED) is 0.769. The molecule has 26 heavy (non-hydrogen) atoms. The van der Waals surface area contributed by atoms with Crippen molar-refractivity contribution in [1.82, 2.24) is 14.7 Å². The van der Waals surface area contributed by atoms with Crippen molar-refractivity contribution in [1.29, 1.82) is 0 Å². The Hall–Kier alpha value is -2.57. The van der Waals surface area contributed by atoms with Crippen LogP contribution in [0.2, 0.25) is 0 Å². The number of hydrogen-bond donors (Lipinski definition) is 0. The van der Waals surface area contributed by atoms with Gasteiger partial charge in [-0.25, -0.2) is 9.59 Å². The Labute approximate surface area is 152 Å². The number of methoxy groups -OCH3 is 1. The van der Waals surface area contributed by atoms with E-state index >= 15 is 0 Å². The molecular formula is C19H25N3O4. The number of aromatic nitrogens is 2. The Morgan fingerprint density at radius 2 is 1.88 bits per heavy atom. The van der Waals surface area contributed by atoms with Crippen molar-refractivity contribution in [3.63, 3.8) is 0 Å². The van der Waals surface area contributed by atoms with Gasteiger partial charge in [0.05, 0.1) is 24.2 Å². The first-order valence-corrected chi connectivity index (χ1v) is 8.82.